The SMILES string of the molecule is O=[N+]([O-])c1cc(S(=O)(=O)C(F)F)ccc1N1CC=C(c2cccs2)CC1. The van der Waals surface area contributed by atoms with E-state index in [0.717, 1.165) is 16.5 Å². The number of alkyl halides is 2. The van der Waals surface area contributed by atoms with Gasteiger partial charge in [-0.3, -0.25) is 10.1 Å². The van der Waals surface area contributed by atoms with Crippen LogP contribution in [0.5, 0.6) is 0 Å². The maximum Gasteiger partial charge on any atom is 0.341 e. The molecule has 138 valence electrons. The number of hydrogen-bond acceptors (Lipinski definition) is 6. The lowest BCUT2D eigenvalue weighted by atomic mass is 10.1. The van der Waals surface area contributed by atoms with Crippen molar-refractivity contribution >= 4 is 38.1 Å². The van der Waals surface area contributed by atoms with Gasteiger partial charge in [0, 0.05) is 24.0 Å². The Labute approximate surface area is 152 Å². The van der Waals surface area contributed by atoms with Crippen LogP contribution in [0.4, 0.5) is 20.2 Å². The summed E-state index contributed by atoms with van der Waals surface area (Å²) < 4.78 is 48.5. The van der Waals surface area contributed by atoms with Gasteiger partial charge in [0.1, 0.15) is 5.69 Å². The molecule has 0 aliphatic carbocycles. The van der Waals surface area contributed by atoms with Crippen molar-refractivity contribution in [3.05, 3.63) is 56.8 Å². The monoisotopic (exact) mass is 400 g/mol. The zero-order valence-corrected chi connectivity index (χ0v) is 15.0. The van der Waals surface area contributed by atoms with E-state index in [1.165, 1.54) is 6.07 Å². The van der Waals surface area contributed by atoms with Crippen molar-refractivity contribution in [3.63, 3.8) is 0 Å². The number of nitrogens with zero attached hydrogens (tertiary/aromatic N) is 2. The normalized spacial score (nSPS) is 15.2. The van der Waals surface area contributed by atoms with Crippen molar-refractivity contribution in [3.8, 4) is 0 Å². The fourth-order valence-electron chi connectivity index (χ4n) is 2.77. The van der Waals surface area contributed by atoms with E-state index in [1.54, 1.807) is 16.2 Å². The maximum absolute atomic E-state index is 12.7. The van der Waals surface area contributed by atoms with Gasteiger partial charge in [0.05, 0.1) is 9.82 Å². The lowest BCUT2D eigenvalue weighted by Gasteiger charge is -2.28. The van der Waals surface area contributed by atoms with Gasteiger partial charge >= 0.3 is 5.76 Å². The average molecular weight is 400 g/mol. The number of nitro benzene ring substituents is 1. The van der Waals surface area contributed by atoms with Gasteiger partial charge in [-0.1, -0.05) is 12.1 Å². The van der Waals surface area contributed by atoms with Gasteiger partial charge in [0.2, 0.25) is 9.84 Å². The molecule has 3 rings (SSSR count). The summed E-state index contributed by atoms with van der Waals surface area (Å²) in [5.41, 5.74) is 0.861. The molecule has 6 nitrogen and oxygen atoms in total. The Bertz CT molecular complexity index is 957. The number of benzene rings is 1. The lowest BCUT2D eigenvalue weighted by Crippen LogP contribution is -2.28. The van der Waals surface area contributed by atoms with E-state index in [9.17, 15) is 27.3 Å². The van der Waals surface area contributed by atoms with Crippen LogP contribution in [0.2, 0.25) is 0 Å². The Kier molecular flexibility index (Phi) is 5.05. The van der Waals surface area contributed by atoms with E-state index in [4.69, 9.17) is 0 Å². The Morgan fingerprint density at radius 2 is 2.04 bits per heavy atom. The summed E-state index contributed by atoms with van der Waals surface area (Å²) in [6.45, 7) is 0.917. The number of hydrogen-bond donors (Lipinski definition) is 0. The molecule has 1 aromatic carbocycles. The summed E-state index contributed by atoms with van der Waals surface area (Å²) in [4.78, 5) is 12.7. The molecule has 0 spiro atoms. The van der Waals surface area contributed by atoms with Crippen LogP contribution >= 0.6 is 11.3 Å². The van der Waals surface area contributed by atoms with Gasteiger partial charge in [-0.15, -0.1) is 11.3 Å². The number of thiophene rings is 1. The molecule has 0 saturated carbocycles. The molecule has 26 heavy (non-hydrogen) atoms. The van der Waals surface area contributed by atoms with Gasteiger partial charge < -0.3 is 4.90 Å². The minimum Gasteiger partial charge on any atom is -0.362 e. The van der Waals surface area contributed by atoms with Crippen LogP contribution in [0.3, 0.4) is 0 Å². The van der Waals surface area contributed by atoms with Gasteiger partial charge in [-0.25, -0.2) is 8.42 Å². The molecule has 0 bridgehead atoms. The number of sulfone groups is 1. The molecule has 10 heteroatoms. The quantitative estimate of drug-likeness (QED) is 0.561. The second-order valence-electron chi connectivity index (χ2n) is 5.62. The van der Waals surface area contributed by atoms with Crippen molar-refractivity contribution < 1.29 is 22.1 Å². The smallest absolute Gasteiger partial charge is 0.341 e. The average Bonchev–Trinajstić information content (AvgIpc) is 3.16. The number of rotatable bonds is 5. The molecule has 0 radical (unpaired) electrons. The Morgan fingerprint density at radius 1 is 1.27 bits per heavy atom. The van der Waals surface area contributed by atoms with E-state index in [2.05, 4.69) is 0 Å². The zero-order valence-electron chi connectivity index (χ0n) is 13.3. The minimum absolute atomic E-state index is 0.213. The van der Waals surface area contributed by atoms with Crippen molar-refractivity contribution in [1.29, 1.82) is 0 Å². The second kappa shape index (κ2) is 7.12. The Morgan fingerprint density at radius 3 is 2.58 bits per heavy atom. The van der Waals surface area contributed by atoms with Gasteiger partial charge in [0.15, 0.2) is 0 Å². The molecule has 0 amide bonds. The van der Waals surface area contributed by atoms with Crippen LogP contribution in [0, 0.1) is 10.1 Å². The van der Waals surface area contributed by atoms with E-state index in [1.807, 2.05) is 23.6 Å². The molecule has 1 aliphatic heterocycles. The number of halogens is 2. The highest BCUT2D eigenvalue weighted by Crippen LogP contribution is 2.35. The van der Waals surface area contributed by atoms with Crippen LogP contribution in [-0.2, 0) is 9.84 Å². The standard InChI is InChI=1S/C16H14F2N2O4S2/c17-16(18)26(23,24)12-3-4-13(14(10-12)20(21)22)19-7-5-11(6-8-19)15-2-1-9-25-15/h1-5,9-10,16H,6-8H2. The summed E-state index contributed by atoms with van der Waals surface area (Å²) in [7, 11) is -4.89. The minimum atomic E-state index is -4.89. The summed E-state index contributed by atoms with van der Waals surface area (Å²) in [5, 5.41) is 13.3. The molecule has 0 unspecified atom stereocenters. The maximum atomic E-state index is 12.7. The topological polar surface area (TPSA) is 80.5 Å². The largest absolute Gasteiger partial charge is 0.362 e. The van der Waals surface area contributed by atoms with Crippen molar-refractivity contribution in [1.82, 2.24) is 0 Å². The highest BCUT2D eigenvalue weighted by Gasteiger charge is 2.30. The van der Waals surface area contributed by atoms with Crippen LogP contribution < -0.4 is 4.90 Å². The third-order valence-electron chi connectivity index (χ3n) is 4.09. The lowest BCUT2D eigenvalue weighted by molar-refractivity contribution is -0.384. The molecule has 1 aromatic heterocycles. The number of nitro groups is 1. The third kappa shape index (κ3) is 3.47. The van der Waals surface area contributed by atoms with Crippen molar-refractivity contribution in [2.45, 2.75) is 17.1 Å². The summed E-state index contributed by atoms with van der Waals surface area (Å²) in [5.74, 6) is -3.63. The van der Waals surface area contributed by atoms with Crippen molar-refractivity contribution in [2.75, 3.05) is 18.0 Å². The van der Waals surface area contributed by atoms with Crippen LogP contribution in [0.15, 0.2) is 46.7 Å². The first kappa shape index (κ1) is 18.5. The summed E-state index contributed by atoms with van der Waals surface area (Å²) in [6, 6.07) is 6.86. The fourth-order valence-corrected chi connectivity index (χ4v) is 4.31. The van der Waals surface area contributed by atoms with Crippen molar-refractivity contribution in [2.24, 2.45) is 0 Å². The van der Waals surface area contributed by atoms with Gasteiger partial charge in [-0.2, -0.15) is 8.78 Å². The van der Waals surface area contributed by atoms with Crippen LogP contribution in [0.1, 0.15) is 11.3 Å². The summed E-state index contributed by atoms with van der Waals surface area (Å²) in [6.07, 6.45) is 2.64. The molecule has 2 aromatic rings. The van der Waals surface area contributed by atoms with E-state index >= 15 is 0 Å². The zero-order chi connectivity index (χ0) is 18.9. The molecular formula is C16H14F2N2O4S2. The molecular weight excluding hydrogens is 386 g/mol. The first-order valence-electron chi connectivity index (χ1n) is 7.59. The van der Waals surface area contributed by atoms with E-state index in [-0.39, 0.29) is 5.69 Å². The van der Waals surface area contributed by atoms with Crippen LogP contribution in [-0.4, -0.2) is 32.2 Å². The predicted octanol–water partition coefficient (Wildman–Crippen LogP) is 3.95. The summed E-state index contributed by atoms with van der Waals surface area (Å²) >= 11 is 1.61. The Balaban J connectivity index is 1.92. The van der Waals surface area contributed by atoms with Crippen LogP contribution in [0.25, 0.3) is 5.57 Å². The third-order valence-corrected chi connectivity index (χ3v) is 6.42. The predicted molar refractivity (Wildman–Crippen MR) is 95.4 cm³/mol. The van der Waals surface area contributed by atoms with Gasteiger partial charge in [-0.05, 0) is 35.6 Å². The highest BCUT2D eigenvalue weighted by molar-refractivity contribution is 7.91. The molecule has 0 fully saturated rings. The molecule has 0 N–H and O–H groups in total. The number of anilines is 1. The fraction of sp³-hybridized carbons (Fsp3) is 0.250. The molecule has 0 atom stereocenters. The molecule has 1 aliphatic rings. The highest BCUT2D eigenvalue weighted by atomic mass is 32.2. The first-order valence-corrected chi connectivity index (χ1v) is 10.0. The first-order chi connectivity index (χ1) is 12.3. The molecule has 2 heterocycles. The van der Waals surface area contributed by atoms with E-state index in [0.29, 0.717) is 25.6 Å². The Hall–Kier alpha value is -2.33. The van der Waals surface area contributed by atoms with E-state index < -0.39 is 31.1 Å². The second-order valence-corrected chi connectivity index (χ2v) is 8.48. The molecule has 0 saturated heterocycles. The van der Waals surface area contributed by atoms with Gasteiger partial charge in [0.25, 0.3) is 5.69 Å².